The molecule has 1 amide bonds. The molecule has 2 fully saturated rings. The van der Waals surface area contributed by atoms with Gasteiger partial charge in [0.25, 0.3) is 0 Å². The summed E-state index contributed by atoms with van der Waals surface area (Å²) in [6, 6.07) is 5.66. The van der Waals surface area contributed by atoms with Crippen molar-refractivity contribution in [3.8, 4) is 0 Å². The Bertz CT molecular complexity index is 662. The molecule has 0 aliphatic carbocycles. The van der Waals surface area contributed by atoms with Crippen LogP contribution in [0.2, 0.25) is 0 Å². The second-order valence-electron chi connectivity index (χ2n) is 6.06. The molecule has 0 radical (unpaired) electrons. The Hall–Kier alpha value is -1.47. The predicted octanol–water partition coefficient (Wildman–Crippen LogP) is 0.856. The average molecular weight is 323 g/mol. The predicted molar refractivity (Wildman–Crippen MR) is 82.4 cm³/mol. The minimum Gasteiger partial charge on any atom is -0.336 e. The van der Waals surface area contributed by atoms with E-state index in [-0.39, 0.29) is 11.7 Å². The largest absolute Gasteiger partial charge is 0.336 e. The van der Waals surface area contributed by atoms with Gasteiger partial charge in [-0.25, -0.2) is 12.7 Å². The molecule has 2 aliphatic heterocycles. The topological polar surface area (TPSA) is 70.6 Å². The lowest BCUT2D eigenvalue weighted by molar-refractivity contribution is -0.135. The van der Waals surface area contributed by atoms with Gasteiger partial charge >= 0.3 is 0 Å². The van der Waals surface area contributed by atoms with Crippen LogP contribution in [0.4, 0.5) is 0 Å². The number of carbonyl (C=O) groups is 1. The molecular weight excluding hydrogens is 302 g/mol. The van der Waals surface area contributed by atoms with Gasteiger partial charge in [0.1, 0.15) is 0 Å². The smallest absolute Gasteiger partial charge is 0.230 e. The minimum absolute atomic E-state index is 0.0759. The normalized spacial score (nSPS) is 26.2. The first-order chi connectivity index (χ1) is 10.5. The molecule has 120 valence electrons. The lowest BCUT2D eigenvalue weighted by atomic mass is 9.86. The maximum Gasteiger partial charge on any atom is 0.230 e. The zero-order chi connectivity index (χ0) is 15.8. The molecule has 2 saturated heterocycles. The summed E-state index contributed by atoms with van der Waals surface area (Å²) in [6.07, 6.45) is 3.08. The van der Waals surface area contributed by atoms with E-state index in [0.29, 0.717) is 32.6 Å². The standard InChI is InChI=1S/C15H21N3O3S/c1-2-22(20,21)18-10-7-15(12-18)6-9-17(14(15)19)11-13-5-3-4-8-16-13/h3-5,8H,2,6-7,9-12H2,1H3. The Kier molecular flexibility index (Phi) is 3.94. The molecule has 0 aromatic carbocycles. The van der Waals surface area contributed by atoms with Crippen molar-refractivity contribution in [3.05, 3.63) is 30.1 Å². The zero-order valence-electron chi connectivity index (χ0n) is 12.7. The van der Waals surface area contributed by atoms with E-state index in [1.165, 1.54) is 4.31 Å². The fourth-order valence-corrected chi connectivity index (χ4v) is 4.54. The van der Waals surface area contributed by atoms with Crippen molar-refractivity contribution in [3.63, 3.8) is 0 Å². The van der Waals surface area contributed by atoms with Gasteiger partial charge in [0, 0.05) is 25.8 Å². The third kappa shape index (κ3) is 2.63. The van der Waals surface area contributed by atoms with Gasteiger partial charge in [-0.2, -0.15) is 0 Å². The average Bonchev–Trinajstić information content (AvgIpc) is 3.09. The third-order valence-electron chi connectivity index (χ3n) is 4.76. The van der Waals surface area contributed by atoms with Crippen LogP contribution in [0.25, 0.3) is 0 Å². The number of hydrogen-bond acceptors (Lipinski definition) is 4. The number of nitrogens with zero attached hydrogens (tertiary/aromatic N) is 3. The summed E-state index contributed by atoms with van der Waals surface area (Å²) in [5.41, 5.74) is 0.348. The summed E-state index contributed by atoms with van der Waals surface area (Å²) >= 11 is 0. The first-order valence-corrected chi connectivity index (χ1v) is 9.25. The fraction of sp³-hybridized carbons (Fsp3) is 0.600. The van der Waals surface area contributed by atoms with Crippen LogP contribution >= 0.6 is 0 Å². The number of pyridine rings is 1. The van der Waals surface area contributed by atoms with Crippen molar-refractivity contribution in [2.24, 2.45) is 5.41 Å². The number of aromatic nitrogens is 1. The van der Waals surface area contributed by atoms with Crippen LogP contribution in [0.5, 0.6) is 0 Å². The molecule has 1 aromatic heterocycles. The number of rotatable bonds is 4. The molecule has 3 heterocycles. The van der Waals surface area contributed by atoms with Crippen LogP contribution in [-0.2, 0) is 21.4 Å². The van der Waals surface area contributed by atoms with E-state index in [0.717, 1.165) is 12.1 Å². The highest BCUT2D eigenvalue weighted by Gasteiger charge is 2.52. The Labute approximate surface area is 131 Å². The van der Waals surface area contributed by atoms with Crippen molar-refractivity contribution < 1.29 is 13.2 Å². The van der Waals surface area contributed by atoms with Crippen molar-refractivity contribution >= 4 is 15.9 Å². The van der Waals surface area contributed by atoms with Gasteiger partial charge in [-0.15, -0.1) is 0 Å². The Morgan fingerprint density at radius 3 is 2.73 bits per heavy atom. The van der Waals surface area contributed by atoms with Crippen LogP contribution in [-0.4, -0.2) is 53.9 Å². The van der Waals surface area contributed by atoms with Crippen LogP contribution < -0.4 is 0 Å². The first-order valence-electron chi connectivity index (χ1n) is 7.64. The molecule has 7 heteroatoms. The van der Waals surface area contributed by atoms with Crippen molar-refractivity contribution in [1.82, 2.24) is 14.2 Å². The van der Waals surface area contributed by atoms with Gasteiger partial charge < -0.3 is 4.90 Å². The minimum atomic E-state index is -3.21. The summed E-state index contributed by atoms with van der Waals surface area (Å²) in [6.45, 7) is 3.61. The second-order valence-corrected chi connectivity index (χ2v) is 8.32. The molecule has 6 nitrogen and oxygen atoms in total. The third-order valence-corrected chi connectivity index (χ3v) is 6.59. The van der Waals surface area contributed by atoms with Gasteiger partial charge in [0.15, 0.2) is 0 Å². The molecule has 1 aromatic rings. The monoisotopic (exact) mass is 323 g/mol. The number of hydrogen-bond donors (Lipinski definition) is 0. The second kappa shape index (κ2) is 5.62. The van der Waals surface area contributed by atoms with Crippen LogP contribution in [0.1, 0.15) is 25.5 Å². The maximum absolute atomic E-state index is 12.8. The lowest BCUT2D eigenvalue weighted by Gasteiger charge is -2.23. The summed E-state index contributed by atoms with van der Waals surface area (Å²) < 4.78 is 25.5. The van der Waals surface area contributed by atoms with Crippen LogP contribution in [0.15, 0.2) is 24.4 Å². The molecule has 0 saturated carbocycles. The van der Waals surface area contributed by atoms with E-state index in [1.807, 2.05) is 23.1 Å². The molecule has 2 aliphatic rings. The van der Waals surface area contributed by atoms with Crippen molar-refractivity contribution in [2.75, 3.05) is 25.4 Å². The van der Waals surface area contributed by atoms with E-state index in [9.17, 15) is 13.2 Å². The SMILES string of the molecule is CCS(=O)(=O)N1CCC2(CCN(Cc3ccccn3)C2=O)C1. The van der Waals surface area contributed by atoms with Crippen molar-refractivity contribution in [1.29, 1.82) is 0 Å². The summed E-state index contributed by atoms with van der Waals surface area (Å²) in [7, 11) is -3.21. The van der Waals surface area contributed by atoms with Gasteiger partial charge in [0.05, 0.1) is 23.4 Å². The maximum atomic E-state index is 12.8. The van der Waals surface area contributed by atoms with Crippen LogP contribution in [0, 0.1) is 5.41 Å². The summed E-state index contributed by atoms with van der Waals surface area (Å²) in [5.74, 6) is 0.168. The van der Waals surface area contributed by atoms with Crippen LogP contribution in [0.3, 0.4) is 0 Å². The van der Waals surface area contributed by atoms with Gasteiger partial charge in [0.2, 0.25) is 15.9 Å². The fourth-order valence-electron chi connectivity index (χ4n) is 3.36. The quantitative estimate of drug-likeness (QED) is 0.824. The van der Waals surface area contributed by atoms with E-state index in [1.54, 1.807) is 13.1 Å². The number of likely N-dealkylation sites (tertiary alicyclic amines) is 1. The highest BCUT2D eigenvalue weighted by Crippen LogP contribution is 2.41. The summed E-state index contributed by atoms with van der Waals surface area (Å²) in [4.78, 5) is 18.8. The lowest BCUT2D eigenvalue weighted by Crippen LogP contribution is -2.38. The molecule has 1 unspecified atom stereocenters. The molecule has 1 atom stereocenters. The zero-order valence-corrected chi connectivity index (χ0v) is 13.6. The number of amides is 1. The van der Waals surface area contributed by atoms with Crippen molar-refractivity contribution in [2.45, 2.75) is 26.3 Å². The Balaban J connectivity index is 1.72. The Morgan fingerprint density at radius 1 is 1.27 bits per heavy atom. The summed E-state index contributed by atoms with van der Waals surface area (Å²) in [5, 5.41) is 0. The van der Waals surface area contributed by atoms with E-state index in [4.69, 9.17) is 0 Å². The highest BCUT2D eigenvalue weighted by molar-refractivity contribution is 7.89. The molecular formula is C15H21N3O3S. The number of carbonyl (C=O) groups excluding carboxylic acids is 1. The Morgan fingerprint density at radius 2 is 2.05 bits per heavy atom. The first kappa shape index (κ1) is 15.4. The van der Waals surface area contributed by atoms with E-state index in [2.05, 4.69) is 4.98 Å². The highest BCUT2D eigenvalue weighted by atomic mass is 32.2. The van der Waals surface area contributed by atoms with Gasteiger partial charge in [-0.05, 0) is 31.9 Å². The van der Waals surface area contributed by atoms with Gasteiger partial charge in [-0.1, -0.05) is 6.07 Å². The number of sulfonamides is 1. The molecule has 3 rings (SSSR count). The molecule has 0 bridgehead atoms. The molecule has 0 N–H and O–H groups in total. The van der Waals surface area contributed by atoms with Gasteiger partial charge in [-0.3, -0.25) is 9.78 Å². The van der Waals surface area contributed by atoms with E-state index >= 15 is 0 Å². The molecule has 1 spiro atoms. The molecule has 22 heavy (non-hydrogen) atoms. The van der Waals surface area contributed by atoms with E-state index < -0.39 is 15.4 Å².